The Hall–Kier alpha value is -2.77. The van der Waals surface area contributed by atoms with Crippen molar-refractivity contribution in [2.24, 2.45) is 5.10 Å². The fourth-order valence-corrected chi connectivity index (χ4v) is 3.92. The summed E-state index contributed by atoms with van der Waals surface area (Å²) in [6, 6.07) is 11.7. The van der Waals surface area contributed by atoms with Crippen LogP contribution < -0.4 is 5.56 Å². The van der Waals surface area contributed by atoms with Gasteiger partial charge in [0, 0.05) is 0 Å². The zero-order valence-electron chi connectivity index (χ0n) is 14.8. The minimum atomic E-state index is -0.194. The molecule has 27 heavy (non-hydrogen) atoms. The van der Waals surface area contributed by atoms with Crippen LogP contribution in [0.3, 0.4) is 0 Å². The first kappa shape index (κ1) is 17.6. The summed E-state index contributed by atoms with van der Waals surface area (Å²) in [6.45, 7) is 4.19. The molecule has 0 fully saturated rings. The van der Waals surface area contributed by atoms with Crippen LogP contribution in [0, 0.1) is 13.8 Å². The molecule has 0 radical (unpaired) electrons. The molecule has 0 saturated heterocycles. The number of hydrogen-bond acceptors (Lipinski definition) is 5. The van der Waals surface area contributed by atoms with Crippen molar-refractivity contribution in [1.29, 1.82) is 0 Å². The van der Waals surface area contributed by atoms with Gasteiger partial charge in [-0.2, -0.15) is 14.9 Å². The van der Waals surface area contributed by atoms with Crippen molar-refractivity contribution in [2.75, 3.05) is 0 Å². The van der Waals surface area contributed by atoms with E-state index in [0.717, 1.165) is 11.3 Å². The summed E-state index contributed by atoms with van der Waals surface area (Å²) in [5, 5.41) is 11.7. The predicted octanol–water partition coefficient (Wildman–Crippen LogP) is 3.86. The second-order valence-corrected chi connectivity index (χ2v) is 7.35. The summed E-state index contributed by atoms with van der Waals surface area (Å²) < 4.78 is 3.02. The highest BCUT2D eigenvalue weighted by Gasteiger charge is 2.13. The third-order valence-corrected chi connectivity index (χ3v) is 5.43. The van der Waals surface area contributed by atoms with Gasteiger partial charge in [-0.05, 0) is 30.9 Å². The van der Waals surface area contributed by atoms with Gasteiger partial charge in [0.05, 0.1) is 29.4 Å². The Balaban J connectivity index is 1.70. The van der Waals surface area contributed by atoms with Crippen molar-refractivity contribution in [3.8, 4) is 0 Å². The quantitative estimate of drug-likeness (QED) is 0.491. The van der Waals surface area contributed by atoms with Crippen LogP contribution in [0.1, 0.15) is 22.6 Å². The van der Waals surface area contributed by atoms with Gasteiger partial charge in [-0.25, -0.2) is 9.67 Å². The molecule has 0 N–H and O–H groups in total. The van der Waals surface area contributed by atoms with Crippen LogP contribution >= 0.6 is 22.9 Å². The zero-order valence-corrected chi connectivity index (χ0v) is 16.3. The molecule has 0 unspecified atom stereocenters. The maximum absolute atomic E-state index is 12.6. The lowest BCUT2D eigenvalue weighted by Crippen LogP contribution is -2.19. The number of hydrogen-bond donors (Lipinski definition) is 0. The number of fused-ring (bicyclic) bond motifs is 1. The highest BCUT2D eigenvalue weighted by Crippen LogP contribution is 2.20. The maximum atomic E-state index is 12.6. The second-order valence-electron chi connectivity index (χ2n) is 6.09. The van der Waals surface area contributed by atoms with Gasteiger partial charge in [-0.1, -0.05) is 41.9 Å². The lowest BCUT2D eigenvalue weighted by molar-refractivity contribution is 0.680. The van der Waals surface area contributed by atoms with Crippen molar-refractivity contribution in [1.82, 2.24) is 19.4 Å². The standard InChI is InChI=1S/C19H16ClN5OS/c1-12-16(17(20)24(23-12)11-14-6-4-3-5-7-14)10-21-25-13(2)22-18-15(19(25)26)8-9-27-18/h3-10H,11H2,1-2H3/b21-10-. The van der Waals surface area contributed by atoms with Gasteiger partial charge in [0.25, 0.3) is 5.56 Å². The van der Waals surface area contributed by atoms with Crippen LogP contribution in [0.15, 0.2) is 51.7 Å². The van der Waals surface area contributed by atoms with Crippen molar-refractivity contribution >= 4 is 39.4 Å². The summed E-state index contributed by atoms with van der Waals surface area (Å²) >= 11 is 7.95. The Morgan fingerprint density at radius 2 is 2.00 bits per heavy atom. The first-order valence-corrected chi connectivity index (χ1v) is 9.58. The normalized spacial score (nSPS) is 11.7. The molecule has 8 heteroatoms. The smallest absolute Gasteiger partial charge is 0.267 e. The Bertz CT molecular complexity index is 1210. The van der Waals surface area contributed by atoms with Crippen LogP contribution in [-0.4, -0.2) is 25.7 Å². The van der Waals surface area contributed by atoms with Crippen molar-refractivity contribution in [3.05, 3.63) is 79.9 Å². The molecule has 0 saturated carbocycles. The molecule has 0 atom stereocenters. The molecule has 6 nitrogen and oxygen atoms in total. The number of rotatable bonds is 4. The summed E-state index contributed by atoms with van der Waals surface area (Å²) in [4.78, 5) is 17.8. The SMILES string of the molecule is Cc1nn(Cc2ccccc2)c(Cl)c1/C=N\n1c(C)nc2sccc2c1=O. The van der Waals surface area contributed by atoms with E-state index >= 15 is 0 Å². The van der Waals surface area contributed by atoms with Gasteiger partial charge in [-0.15, -0.1) is 11.3 Å². The number of aromatic nitrogens is 4. The van der Waals surface area contributed by atoms with Gasteiger partial charge in [0.15, 0.2) is 0 Å². The Morgan fingerprint density at radius 1 is 1.22 bits per heavy atom. The van der Waals surface area contributed by atoms with Gasteiger partial charge < -0.3 is 0 Å². The minimum absolute atomic E-state index is 0.194. The Morgan fingerprint density at radius 3 is 2.78 bits per heavy atom. The van der Waals surface area contributed by atoms with E-state index in [-0.39, 0.29) is 5.56 Å². The molecule has 4 rings (SSSR count). The van der Waals surface area contributed by atoms with E-state index in [2.05, 4.69) is 15.2 Å². The summed E-state index contributed by atoms with van der Waals surface area (Å²) in [7, 11) is 0. The lowest BCUT2D eigenvalue weighted by atomic mass is 10.2. The van der Waals surface area contributed by atoms with E-state index in [9.17, 15) is 4.79 Å². The number of thiophene rings is 1. The highest BCUT2D eigenvalue weighted by atomic mass is 35.5. The van der Waals surface area contributed by atoms with Crippen molar-refractivity contribution < 1.29 is 0 Å². The van der Waals surface area contributed by atoms with Crippen LogP contribution in [0.25, 0.3) is 10.2 Å². The number of halogens is 1. The second kappa shape index (κ2) is 7.09. The summed E-state index contributed by atoms with van der Waals surface area (Å²) in [5.74, 6) is 0.525. The van der Waals surface area contributed by atoms with Crippen LogP contribution in [0.5, 0.6) is 0 Å². The summed E-state index contributed by atoms with van der Waals surface area (Å²) in [5.41, 5.74) is 2.34. The molecule has 3 heterocycles. The molecular weight excluding hydrogens is 382 g/mol. The zero-order chi connectivity index (χ0) is 19.0. The average Bonchev–Trinajstić information content (AvgIpc) is 3.22. The molecule has 0 aliphatic carbocycles. The Kier molecular flexibility index (Phi) is 4.63. The first-order chi connectivity index (χ1) is 13.0. The summed E-state index contributed by atoms with van der Waals surface area (Å²) in [6.07, 6.45) is 1.57. The van der Waals surface area contributed by atoms with E-state index in [4.69, 9.17) is 11.6 Å². The molecule has 3 aromatic heterocycles. The Labute approximate surface area is 164 Å². The van der Waals surface area contributed by atoms with Crippen LogP contribution in [0.4, 0.5) is 0 Å². The van der Waals surface area contributed by atoms with Crippen molar-refractivity contribution in [3.63, 3.8) is 0 Å². The molecule has 0 aliphatic heterocycles. The third-order valence-electron chi connectivity index (χ3n) is 4.22. The number of benzene rings is 1. The monoisotopic (exact) mass is 397 g/mol. The third kappa shape index (κ3) is 3.31. The first-order valence-electron chi connectivity index (χ1n) is 8.32. The van der Waals surface area contributed by atoms with E-state index in [1.54, 1.807) is 23.9 Å². The molecular formula is C19H16ClN5OS. The fraction of sp³-hybridized carbons (Fsp3) is 0.158. The molecule has 136 valence electrons. The molecule has 0 aliphatic rings. The highest BCUT2D eigenvalue weighted by molar-refractivity contribution is 7.16. The minimum Gasteiger partial charge on any atom is -0.267 e. The van der Waals surface area contributed by atoms with Crippen LogP contribution in [0.2, 0.25) is 5.15 Å². The topological polar surface area (TPSA) is 65.1 Å². The van der Waals surface area contributed by atoms with Gasteiger partial charge >= 0.3 is 0 Å². The fourth-order valence-electron chi connectivity index (χ4n) is 2.83. The molecule has 0 amide bonds. The largest absolute Gasteiger partial charge is 0.282 e. The van der Waals surface area contributed by atoms with Gasteiger partial charge in [0.2, 0.25) is 0 Å². The van der Waals surface area contributed by atoms with E-state index in [0.29, 0.717) is 33.3 Å². The maximum Gasteiger partial charge on any atom is 0.282 e. The van der Waals surface area contributed by atoms with Crippen LogP contribution in [-0.2, 0) is 6.54 Å². The number of aryl methyl sites for hydroxylation is 2. The number of nitrogens with zero attached hydrogens (tertiary/aromatic N) is 5. The molecule has 4 aromatic rings. The van der Waals surface area contributed by atoms with Gasteiger partial charge in [0.1, 0.15) is 15.8 Å². The molecule has 1 aromatic carbocycles. The lowest BCUT2D eigenvalue weighted by Gasteiger charge is -2.04. The van der Waals surface area contributed by atoms with Crippen molar-refractivity contribution in [2.45, 2.75) is 20.4 Å². The van der Waals surface area contributed by atoms with E-state index in [1.165, 1.54) is 16.0 Å². The van der Waals surface area contributed by atoms with E-state index < -0.39 is 0 Å². The molecule has 0 bridgehead atoms. The van der Waals surface area contributed by atoms with Gasteiger partial charge in [-0.3, -0.25) is 4.79 Å². The van der Waals surface area contributed by atoms with E-state index in [1.807, 2.05) is 42.6 Å². The predicted molar refractivity (Wildman–Crippen MR) is 109 cm³/mol. The molecule has 0 spiro atoms. The average molecular weight is 398 g/mol.